The summed E-state index contributed by atoms with van der Waals surface area (Å²) in [5, 5.41) is 7.71. The summed E-state index contributed by atoms with van der Waals surface area (Å²) < 4.78 is 51.9. The number of benzene rings is 1. The second kappa shape index (κ2) is 12.5. The Balaban J connectivity index is 1.28. The second-order valence-electron chi connectivity index (χ2n) is 9.48. The number of halogens is 3. The van der Waals surface area contributed by atoms with Crippen molar-refractivity contribution in [1.29, 1.82) is 0 Å². The van der Waals surface area contributed by atoms with E-state index in [4.69, 9.17) is 9.47 Å². The molecule has 0 radical (unpaired) electrons. The van der Waals surface area contributed by atoms with E-state index in [1.807, 2.05) is 0 Å². The fourth-order valence-electron chi connectivity index (χ4n) is 3.98. The van der Waals surface area contributed by atoms with E-state index in [0.29, 0.717) is 43.0 Å². The van der Waals surface area contributed by atoms with Gasteiger partial charge in [-0.25, -0.2) is 18.7 Å². The van der Waals surface area contributed by atoms with Crippen molar-refractivity contribution in [3.8, 4) is 11.6 Å². The van der Waals surface area contributed by atoms with E-state index in [-0.39, 0.29) is 30.3 Å². The van der Waals surface area contributed by atoms with E-state index in [9.17, 15) is 22.8 Å². The van der Waals surface area contributed by atoms with Crippen LogP contribution in [0, 0.1) is 5.82 Å². The molecule has 40 heavy (non-hydrogen) atoms. The third kappa shape index (κ3) is 7.81. The van der Waals surface area contributed by atoms with Gasteiger partial charge in [-0.1, -0.05) is 12.1 Å². The minimum Gasteiger partial charge on any atom is -0.489 e. The molecule has 1 saturated heterocycles. The van der Waals surface area contributed by atoms with Gasteiger partial charge in [0.25, 0.3) is 11.8 Å². The zero-order chi connectivity index (χ0) is 28.9. The number of aromatic nitrogens is 3. The summed E-state index contributed by atoms with van der Waals surface area (Å²) in [5.74, 6) is -4.79. The van der Waals surface area contributed by atoms with Crippen LogP contribution in [-0.4, -0.2) is 58.5 Å². The van der Waals surface area contributed by atoms with Gasteiger partial charge in [0, 0.05) is 32.2 Å². The number of thiazole rings is 1. The Labute approximate surface area is 232 Å². The van der Waals surface area contributed by atoms with Crippen LogP contribution in [0.25, 0.3) is 0 Å². The third-order valence-electron chi connectivity index (χ3n) is 6.00. The lowest BCUT2D eigenvalue weighted by Crippen LogP contribution is -2.28. The Morgan fingerprint density at radius 2 is 2.00 bits per heavy atom. The molecule has 2 atom stereocenters. The number of alkyl halides is 2. The third-order valence-corrected chi connectivity index (χ3v) is 6.81. The lowest BCUT2D eigenvalue weighted by molar-refractivity contribution is -0.122. The minimum absolute atomic E-state index is 0.0327. The van der Waals surface area contributed by atoms with Crippen molar-refractivity contribution in [3.63, 3.8) is 0 Å². The molecular formula is C26H29F3N6O4S. The van der Waals surface area contributed by atoms with Crippen molar-refractivity contribution in [3.05, 3.63) is 53.0 Å². The molecule has 1 unspecified atom stereocenters. The first-order valence-corrected chi connectivity index (χ1v) is 13.4. The van der Waals surface area contributed by atoms with E-state index in [2.05, 4.69) is 25.6 Å². The van der Waals surface area contributed by atoms with Crippen molar-refractivity contribution in [2.45, 2.75) is 51.7 Å². The summed E-state index contributed by atoms with van der Waals surface area (Å²) in [6.45, 7) is 3.90. The molecule has 2 aromatic heterocycles. The number of carbonyl (C=O) groups excluding carboxylic acids is 2. The highest BCUT2D eigenvalue weighted by atomic mass is 32.1. The number of anilines is 2. The van der Waals surface area contributed by atoms with Gasteiger partial charge in [0.15, 0.2) is 17.6 Å². The molecule has 0 aliphatic carbocycles. The topological polar surface area (TPSA) is 119 Å². The number of carbonyl (C=O) groups is 2. The Morgan fingerprint density at radius 3 is 2.70 bits per heavy atom. The summed E-state index contributed by atoms with van der Waals surface area (Å²) in [6.07, 6.45) is 1.41. The number of nitrogens with zero attached hydrogens (tertiary/aromatic N) is 4. The molecule has 1 aliphatic rings. The molecular weight excluding hydrogens is 549 g/mol. The Morgan fingerprint density at radius 1 is 1.25 bits per heavy atom. The summed E-state index contributed by atoms with van der Waals surface area (Å²) in [4.78, 5) is 37.3. The van der Waals surface area contributed by atoms with E-state index in [0.717, 1.165) is 11.9 Å². The molecule has 2 N–H and O–H groups in total. The normalized spacial score (nSPS) is 15.9. The highest BCUT2D eigenvalue weighted by Crippen LogP contribution is 2.29. The largest absolute Gasteiger partial charge is 0.489 e. The number of nitrogens with one attached hydrogen (secondary N) is 2. The molecule has 4 rings (SSSR count). The van der Waals surface area contributed by atoms with E-state index >= 15 is 0 Å². The fourth-order valence-corrected chi connectivity index (χ4v) is 4.74. The van der Waals surface area contributed by atoms with Crippen molar-refractivity contribution >= 4 is 34.1 Å². The van der Waals surface area contributed by atoms with Gasteiger partial charge in [0.1, 0.15) is 18.2 Å². The molecule has 0 saturated carbocycles. The average molecular weight is 579 g/mol. The van der Waals surface area contributed by atoms with Gasteiger partial charge in [0.2, 0.25) is 17.6 Å². The first-order valence-electron chi connectivity index (χ1n) is 12.5. The molecule has 1 aliphatic heterocycles. The zero-order valence-electron chi connectivity index (χ0n) is 22.1. The number of hydrogen-bond donors (Lipinski definition) is 2. The Kier molecular flexibility index (Phi) is 9.07. The summed E-state index contributed by atoms with van der Waals surface area (Å²) in [5.41, 5.74) is 1.44. The zero-order valence-corrected chi connectivity index (χ0v) is 22.9. The van der Waals surface area contributed by atoms with Crippen LogP contribution in [0.2, 0.25) is 0 Å². The van der Waals surface area contributed by atoms with Gasteiger partial charge in [-0.05, 0) is 24.6 Å². The lowest BCUT2D eigenvalue weighted by Gasteiger charge is -2.20. The van der Waals surface area contributed by atoms with Gasteiger partial charge in [0.05, 0.1) is 24.7 Å². The number of hydrogen-bond acceptors (Lipinski definition) is 9. The van der Waals surface area contributed by atoms with Crippen molar-refractivity contribution in [2.24, 2.45) is 0 Å². The minimum atomic E-state index is -3.12. The molecule has 214 valence electrons. The first-order chi connectivity index (χ1) is 19.0. The van der Waals surface area contributed by atoms with Gasteiger partial charge in [-0.15, -0.1) is 11.3 Å². The van der Waals surface area contributed by atoms with Crippen LogP contribution in [-0.2, 0) is 16.1 Å². The Hall–Kier alpha value is -3.94. The standard InChI is InChI=1S/C26H29F3N6O4S/c1-15(23(37)30-10-18-12-40-25(34-18)33-16(2)36)17-4-6-19(7-5-17)39-20-8-9-35(11-20)22-21(27)24(32-14-31-22)38-13-26(3,28)29/h4-7,12,14-15,20H,8-11,13H2,1-3H3,(H,30,37)(H,33,34,36)/t15?,20-/m1/s1. The van der Waals surface area contributed by atoms with Crippen molar-refractivity contribution in [2.75, 3.05) is 29.9 Å². The Bertz CT molecular complexity index is 1330. The maximum Gasteiger partial charge on any atom is 0.278 e. The number of ether oxygens (including phenoxy) is 2. The van der Waals surface area contributed by atoms with Crippen LogP contribution in [0.1, 0.15) is 44.4 Å². The van der Waals surface area contributed by atoms with Gasteiger partial charge < -0.3 is 25.0 Å². The smallest absolute Gasteiger partial charge is 0.278 e. The van der Waals surface area contributed by atoms with E-state index in [1.54, 1.807) is 41.5 Å². The summed E-state index contributed by atoms with van der Waals surface area (Å²) in [7, 11) is 0. The molecule has 0 bridgehead atoms. The van der Waals surface area contributed by atoms with Gasteiger partial charge in [-0.2, -0.15) is 9.37 Å². The van der Waals surface area contributed by atoms with Crippen LogP contribution in [0.3, 0.4) is 0 Å². The molecule has 3 heterocycles. The maximum atomic E-state index is 14.8. The second-order valence-corrected chi connectivity index (χ2v) is 10.3. The van der Waals surface area contributed by atoms with Crippen LogP contribution < -0.4 is 25.0 Å². The molecule has 3 aromatic rings. The van der Waals surface area contributed by atoms with Crippen LogP contribution in [0.15, 0.2) is 36.0 Å². The quantitative estimate of drug-likeness (QED) is 0.349. The van der Waals surface area contributed by atoms with Gasteiger partial charge in [-0.3, -0.25) is 9.59 Å². The van der Waals surface area contributed by atoms with Crippen molar-refractivity contribution in [1.82, 2.24) is 20.3 Å². The summed E-state index contributed by atoms with van der Waals surface area (Å²) >= 11 is 1.28. The monoisotopic (exact) mass is 578 g/mol. The maximum absolute atomic E-state index is 14.8. The van der Waals surface area contributed by atoms with Crippen molar-refractivity contribution < 1.29 is 32.2 Å². The predicted molar refractivity (Wildman–Crippen MR) is 142 cm³/mol. The van der Waals surface area contributed by atoms with Gasteiger partial charge >= 0.3 is 0 Å². The average Bonchev–Trinajstić information content (AvgIpc) is 3.55. The molecule has 10 nitrogen and oxygen atoms in total. The highest BCUT2D eigenvalue weighted by molar-refractivity contribution is 7.13. The predicted octanol–water partition coefficient (Wildman–Crippen LogP) is 4.14. The summed E-state index contributed by atoms with van der Waals surface area (Å²) in [6, 6.07) is 7.15. The van der Waals surface area contributed by atoms with E-state index in [1.165, 1.54) is 18.3 Å². The molecule has 0 spiro atoms. The molecule has 2 amide bonds. The van der Waals surface area contributed by atoms with Crippen LogP contribution >= 0.6 is 11.3 Å². The van der Waals surface area contributed by atoms with Crippen LogP contribution in [0.5, 0.6) is 11.6 Å². The SMILES string of the molecule is CC(=O)Nc1nc(CNC(=O)C(C)c2ccc(O[C@@H]3CCN(c4ncnc(OCC(C)(F)F)c4F)C3)cc2)cs1. The molecule has 1 aromatic carbocycles. The highest BCUT2D eigenvalue weighted by Gasteiger charge is 2.30. The molecule has 14 heteroatoms. The van der Waals surface area contributed by atoms with Crippen LogP contribution in [0.4, 0.5) is 24.1 Å². The van der Waals surface area contributed by atoms with E-state index < -0.39 is 30.1 Å². The number of rotatable bonds is 11. The fraction of sp³-hybridized carbons (Fsp3) is 0.423. The molecule has 1 fully saturated rings. The number of amides is 2. The first kappa shape index (κ1) is 29.1. The lowest BCUT2D eigenvalue weighted by atomic mass is 10.0.